The minimum Gasteiger partial charge on any atom is -0.508 e. The van der Waals surface area contributed by atoms with Crippen molar-refractivity contribution in [3.63, 3.8) is 0 Å². The molecule has 0 fully saturated rings. The summed E-state index contributed by atoms with van der Waals surface area (Å²) in [5.74, 6) is -0.556. The maximum Gasteiger partial charge on any atom is 0.256 e. The van der Waals surface area contributed by atoms with Gasteiger partial charge in [0.2, 0.25) is 0 Å². The number of phenolic OH excluding ortho intramolecular Hbond substituents is 1. The smallest absolute Gasteiger partial charge is 0.256 e. The van der Waals surface area contributed by atoms with E-state index in [0.29, 0.717) is 16.8 Å². The molecular formula is C20H15NO3. The summed E-state index contributed by atoms with van der Waals surface area (Å²) in [7, 11) is 0. The van der Waals surface area contributed by atoms with E-state index in [9.17, 15) is 14.7 Å². The summed E-state index contributed by atoms with van der Waals surface area (Å²) in [6.07, 6.45) is 0. The molecule has 0 unspecified atom stereocenters. The molecule has 0 aliphatic rings. The Morgan fingerprint density at radius 1 is 0.750 bits per heavy atom. The number of anilines is 1. The number of hydrogen-bond acceptors (Lipinski definition) is 3. The van der Waals surface area contributed by atoms with E-state index in [-0.39, 0.29) is 17.1 Å². The molecule has 0 heterocycles. The highest BCUT2D eigenvalue weighted by atomic mass is 16.3. The van der Waals surface area contributed by atoms with Crippen LogP contribution < -0.4 is 5.32 Å². The third-order valence-electron chi connectivity index (χ3n) is 3.56. The molecule has 0 spiro atoms. The number of hydrogen-bond donors (Lipinski definition) is 2. The molecule has 3 aromatic rings. The van der Waals surface area contributed by atoms with Crippen molar-refractivity contribution in [1.82, 2.24) is 0 Å². The van der Waals surface area contributed by atoms with E-state index in [1.165, 1.54) is 12.1 Å². The van der Waals surface area contributed by atoms with E-state index in [4.69, 9.17) is 0 Å². The Morgan fingerprint density at radius 3 is 2.12 bits per heavy atom. The lowest BCUT2D eigenvalue weighted by Gasteiger charge is -2.10. The highest BCUT2D eigenvalue weighted by Gasteiger charge is 2.18. The van der Waals surface area contributed by atoms with E-state index < -0.39 is 5.91 Å². The highest BCUT2D eigenvalue weighted by molar-refractivity contribution is 6.17. The fraction of sp³-hybridized carbons (Fsp3) is 0. The molecule has 0 aliphatic carbocycles. The Labute approximate surface area is 139 Å². The van der Waals surface area contributed by atoms with Crippen LogP contribution in [0, 0.1) is 0 Å². The lowest BCUT2D eigenvalue weighted by Crippen LogP contribution is -2.16. The number of benzene rings is 3. The SMILES string of the molecule is O=C(Nc1cccc(O)c1)c1ccccc1C(=O)c1ccccc1. The van der Waals surface area contributed by atoms with Crippen LogP contribution in [0.3, 0.4) is 0 Å². The lowest BCUT2D eigenvalue weighted by atomic mass is 9.98. The highest BCUT2D eigenvalue weighted by Crippen LogP contribution is 2.19. The van der Waals surface area contributed by atoms with Crippen LogP contribution >= 0.6 is 0 Å². The molecule has 118 valence electrons. The van der Waals surface area contributed by atoms with E-state index in [0.717, 1.165) is 0 Å². The Bertz CT molecular complexity index is 888. The van der Waals surface area contributed by atoms with Crippen LogP contribution in [-0.2, 0) is 0 Å². The van der Waals surface area contributed by atoms with E-state index in [1.54, 1.807) is 60.7 Å². The van der Waals surface area contributed by atoms with Crippen LogP contribution in [0.1, 0.15) is 26.3 Å². The van der Waals surface area contributed by atoms with E-state index in [1.807, 2.05) is 6.07 Å². The second-order valence-corrected chi connectivity index (χ2v) is 5.25. The normalized spacial score (nSPS) is 10.2. The Hall–Kier alpha value is -3.40. The van der Waals surface area contributed by atoms with Crippen molar-refractivity contribution in [3.05, 3.63) is 95.6 Å². The molecule has 24 heavy (non-hydrogen) atoms. The first-order valence-electron chi connectivity index (χ1n) is 7.44. The van der Waals surface area contributed by atoms with Crippen molar-refractivity contribution in [1.29, 1.82) is 0 Å². The summed E-state index contributed by atoms with van der Waals surface area (Å²) in [6, 6.07) is 21.7. The number of amides is 1. The fourth-order valence-electron chi connectivity index (χ4n) is 2.41. The minimum absolute atomic E-state index is 0.0569. The molecule has 0 aromatic heterocycles. The van der Waals surface area contributed by atoms with Gasteiger partial charge in [-0.1, -0.05) is 54.6 Å². The largest absolute Gasteiger partial charge is 0.508 e. The van der Waals surface area contributed by atoms with Gasteiger partial charge in [-0.05, 0) is 18.2 Å². The van der Waals surface area contributed by atoms with Crippen LogP contribution in [0.5, 0.6) is 5.75 Å². The quantitative estimate of drug-likeness (QED) is 0.718. The summed E-state index contributed by atoms with van der Waals surface area (Å²) in [5, 5.41) is 12.2. The van der Waals surface area contributed by atoms with Gasteiger partial charge in [0, 0.05) is 22.9 Å². The maximum atomic E-state index is 12.7. The average molecular weight is 317 g/mol. The average Bonchev–Trinajstić information content (AvgIpc) is 2.62. The predicted molar refractivity (Wildman–Crippen MR) is 92.4 cm³/mol. The lowest BCUT2D eigenvalue weighted by molar-refractivity contribution is 0.0996. The molecular weight excluding hydrogens is 302 g/mol. The van der Waals surface area contributed by atoms with Crippen LogP contribution in [0.25, 0.3) is 0 Å². The molecule has 2 N–H and O–H groups in total. The Balaban J connectivity index is 1.91. The molecule has 4 heteroatoms. The second-order valence-electron chi connectivity index (χ2n) is 5.25. The Kier molecular flexibility index (Phi) is 4.38. The molecule has 0 saturated carbocycles. The van der Waals surface area contributed by atoms with Gasteiger partial charge in [-0.25, -0.2) is 0 Å². The summed E-state index contributed by atoms with van der Waals surface area (Å²) in [4.78, 5) is 25.2. The Morgan fingerprint density at radius 2 is 1.42 bits per heavy atom. The molecule has 1 amide bonds. The number of phenols is 1. The third kappa shape index (κ3) is 3.33. The molecule has 0 bridgehead atoms. The van der Waals surface area contributed by atoms with Gasteiger partial charge in [-0.3, -0.25) is 9.59 Å². The fourth-order valence-corrected chi connectivity index (χ4v) is 2.41. The zero-order valence-corrected chi connectivity index (χ0v) is 12.8. The second kappa shape index (κ2) is 6.79. The molecule has 0 aliphatic heterocycles. The molecule has 3 rings (SSSR count). The minimum atomic E-state index is -0.402. The number of nitrogens with one attached hydrogen (secondary N) is 1. The summed E-state index contributed by atoms with van der Waals surface area (Å²) < 4.78 is 0. The summed E-state index contributed by atoms with van der Waals surface area (Å²) in [5.41, 5.74) is 1.60. The molecule has 4 nitrogen and oxygen atoms in total. The number of carbonyl (C=O) groups excluding carboxylic acids is 2. The number of carbonyl (C=O) groups is 2. The maximum absolute atomic E-state index is 12.7. The standard InChI is InChI=1S/C20H15NO3/c22-16-10-6-9-15(13-16)21-20(24)18-12-5-4-11-17(18)19(23)14-7-2-1-3-8-14/h1-13,22H,(H,21,24). The van der Waals surface area contributed by atoms with Gasteiger partial charge in [-0.2, -0.15) is 0 Å². The molecule has 0 radical (unpaired) electrons. The van der Waals surface area contributed by atoms with Crippen molar-refractivity contribution in [2.75, 3.05) is 5.32 Å². The first kappa shape index (κ1) is 15.5. The first-order chi connectivity index (χ1) is 11.6. The monoisotopic (exact) mass is 317 g/mol. The van der Waals surface area contributed by atoms with Gasteiger partial charge >= 0.3 is 0 Å². The van der Waals surface area contributed by atoms with Gasteiger partial charge in [0.25, 0.3) is 5.91 Å². The van der Waals surface area contributed by atoms with Crippen molar-refractivity contribution in [2.24, 2.45) is 0 Å². The zero-order valence-electron chi connectivity index (χ0n) is 12.8. The van der Waals surface area contributed by atoms with Crippen molar-refractivity contribution in [2.45, 2.75) is 0 Å². The number of aromatic hydroxyl groups is 1. The molecule has 0 atom stereocenters. The van der Waals surface area contributed by atoms with Crippen molar-refractivity contribution >= 4 is 17.4 Å². The summed E-state index contributed by atoms with van der Waals surface area (Å²) in [6.45, 7) is 0. The van der Waals surface area contributed by atoms with Crippen LogP contribution in [0.4, 0.5) is 5.69 Å². The number of ketones is 1. The number of rotatable bonds is 4. The van der Waals surface area contributed by atoms with E-state index in [2.05, 4.69) is 5.32 Å². The van der Waals surface area contributed by atoms with Gasteiger partial charge in [0.05, 0.1) is 5.56 Å². The topological polar surface area (TPSA) is 66.4 Å². The molecule has 0 saturated heterocycles. The van der Waals surface area contributed by atoms with Crippen molar-refractivity contribution in [3.8, 4) is 5.75 Å². The van der Waals surface area contributed by atoms with Gasteiger partial charge in [0.15, 0.2) is 5.78 Å². The third-order valence-corrected chi connectivity index (χ3v) is 3.56. The van der Waals surface area contributed by atoms with Gasteiger partial charge < -0.3 is 10.4 Å². The van der Waals surface area contributed by atoms with Crippen molar-refractivity contribution < 1.29 is 14.7 Å². The van der Waals surface area contributed by atoms with E-state index >= 15 is 0 Å². The summed E-state index contributed by atoms with van der Waals surface area (Å²) >= 11 is 0. The van der Waals surface area contributed by atoms with Crippen LogP contribution in [0.2, 0.25) is 0 Å². The molecule has 3 aromatic carbocycles. The zero-order chi connectivity index (χ0) is 16.9. The van der Waals surface area contributed by atoms with Crippen LogP contribution in [-0.4, -0.2) is 16.8 Å². The predicted octanol–water partition coefficient (Wildman–Crippen LogP) is 3.88. The van der Waals surface area contributed by atoms with Crippen LogP contribution in [0.15, 0.2) is 78.9 Å². The first-order valence-corrected chi connectivity index (χ1v) is 7.44. The van der Waals surface area contributed by atoms with Gasteiger partial charge in [-0.15, -0.1) is 0 Å². The van der Waals surface area contributed by atoms with Gasteiger partial charge in [0.1, 0.15) is 5.75 Å².